The Bertz CT molecular complexity index is 1050. The third-order valence-corrected chi connectivity index (χ3v) is 4.78. The van der Waals surface area contributed by atoms with Gasteiger partial charge in [0.15, 0.2) is 0 Å². The number of nitrogens with zero attached hydrogens (tertiary/aromatic N) is 2. The van der Waals surface area contributed by atoms with Crippen LogP contribution in [0.3, 0.4) is 0 Å². The summed E-state index contributed by atoms with van der Waals surface area (Å²) in [6, 6.07) is 12.5. The minimum absolute atomic E-state index is 0.0902. The summed E-state index contributed by atoms with van der Waals surface area (Å²) in [6.07, 6.45) is 1.04. The molecule has 0 aliphatic rings. The van der Waals surface area contributed by atoms with Gasteiger partial charge in [0.1, 0.15) is 17.0 Å². The molecule has 1 aromatic carbocycles. The van der Waals surface area contributed by atoms with Crippen LogP contribution in [0.5, 0.6) is 0 Å². The monoisotopic (exact) mass is 481 g/mol. The fourth-order valence-corrected chi connectivity index (χ4v) is 3.17. The van der Waals surface area contributed by atoms with Crippen LogP contribution in [0.4, 0.5) is 9.59 Å². The van der Waals surface area contributed by atoms with Gasteiger partial charge in [0.2, 0.25) is 0 Å². The molecule has 0 saturated carbocycles. The van der Waals surface area contributed by atoms with Gasteiger partial charge < -0.3 is 9.47 Å². The Hall–Kier alpha value is -3.22. The molecule has 0 aliphatic heterocycles. The highest BCUT2D eigenvalue weighted by molar-refractivity contribution is 6.00. The summed E-state index contributed by atoms with van der Waals surface area (Å²) < 4.78 is 10.6. The van der Waals surface area contributed by atoms with Gasteiger partial charge in [-0.3, -0.25) is 10.3 Å². The highest BCUT2D eigenvalue weighted by atomic mass is 16.6. The van der Waals surface area contributed by atoms with E-state index in [1.165, 1.54) is 5.56 Å². The van der Waals surface area contributed by atoms with Crippen LogP contribution in [-0.2, 0) is 21.3 Å². The van der Waals surface area contributed by atoms with Gasteiger partial charge in [-0.25, -0.2) is 9.59 Å². The number of carbonyl (C=O) groups excluding carboxylic acids is 2. The average Bonchev–Trinajstić information content (AvgIpc) is 2.69. The van der Waals surface area contributed by atoms with E-state index in [0.29, 0.717) is 6.42 Å². The SMILES string of the molecule is CC(C)(C)OC(=O)N=C(CCc1cc(-c2ccc(C(C)(C)C)cc2)ccn1)NC(=O)OC(C)(C)C. The number of benzene rings is 1. The third-order valence-electron chi connectivity index (χ3n) is 4.78. The molecule has 1 heterocycles. The summed E-state index contributed by atoms with van der Waals surface area (Å²) in [5.41, 5.74) is 2.93. The lowest BCUT2D eigenvalue weighted by molar-refractivity contribution is 0.0561. The molecular weight excluding hydrogens is 442 g/mol. The second kappa shape index (κ2) is 11.0. The van der Waals surface area contributed by atoms with Crippen molar-refractivity contribution in [2.24, 2.45) is 4.99 Å². The molecule has 7 heteroatoms. The fraction of sp³-hybridized carbons (Fsp3) is 0.500. The lowest BCUT2D eigenvalue weighted by Gasteiger charge is -2.20. The van der Waals surface area contributed by atoms with Crippen molar-refractivity contribution in [2.45, 2.75) is 91.8 Å². The Labute approximate surface area is 209 Å². The number of aryl methyl sites for hydroxylation is 1. The van der Waals surface area contributed by atoms with Crippen LogP contribution in [-0.4, -0.2) is 34.2 Å². The molecule has 0 fully saturated rings. The van der Waals surface area contributed by atoms with Crippen molar-refractivity contribution < 1.29 is 19.1 Å². The van der Waals surface area contributed by atoms with E-state index in [0.717, 1.165) is 16.8 Å². The van der Waals surface area contributed by atoms with E-state index in [-0.39, 0.29) is 17.7 Å². The lowest BCUT2D eigenvalue weighted by Crippen LogP contribution is -2.37. The van der Waals surface area contributed by atoms with Crippen molar-refractivity contribution in [3.8, 4) is 11.1 Å². The number of alkyl carbamates (subject to hydrolysis) is 1. The number of rotatable bonds is 4. The minimum atomic E-state index is -0.774. The first-order valence-corrected chi connectivity index (χ1v) is 11.9. The summed E-state index contributed by atoms with van der Waals surface area (Å²) >= 11 is 0. The molecule has 1 N–H and O–H groups in total. The zero-order valence-electron chi connectivity index (χ0n) is 22.5. The van der Waals surface area contributed by atoms with Gasteiger partial charge in [-0.15, -0.1) is 0 Å². The zero-order valence-corrected chi connectivity index (χ0v) is 22.5. The van der Waals surface area contributed by atoms with E-state index in [4.69, 9.17) is 9.47 Å². The van der Waals surface area contributed by atoms with E-state index >= 15 is 0 Å². The fourth-order valence-electron chi connectivity index (χ4n) is 3.17. The Morgan fingerprint density at radius 1 is 0.857 bits per heavy atom. The normalized spacial score (nSPS) is 12.8. The van der Waals surface area contributed by atoms with Crippen molar-refractivity contribution >= 4 is 18.0 Å². The van der Waals surface area contributed by atoms with Crippen LogP contribution >= 0.6 is 0 Å². The zero-order chi connectivity index (χ0) is 26.4. The molecule has 2 amide bonds. The number of ether oxygens (including phenoxy) is 2. The van der Waals surface area contributed by atoms with E-state index in [2.05, 4.69) is 60.3 Å². The van der Waals surface area contributed by atoms with Crippen molar-refractivity contribution in [2.75, 3.05) is 0 Å². The molecule has 7 nitrogen and oxygen atoms in total. The molecule has 0 saturated heterocycles. The Balaban J connectivity index is 2.19. The summed E-state index contributed by atoms with van der Waals surface area (Å²) in [6.45, 7) is 17.1. The standard InChI is InChI=1S/C28H39N3O4/c1-26(2,3)21-12-10-19(11-13-21)20-16-17-29-22(18-20)14-15-23(30-24(32)34-27(4,5)6)31-25(33)35-28(7,8)9/h10-13,16-18H,14-15H2,1-9H3,(H,30,31,32,33). The smallest absolute Gasteiger partial charge is 0.435 e. The predicted molar refractivity (Wildman–Crippen MR) is 140 cm³/mol. The van der Waals surface area contributed by atoms with Crippen LogP contribution in [0, 0.1) is 0 Å². The number of hydrogen-bond acceptors (Lipinski definition) is 5. The van der Waals surface area contributed by atoms with Gasteiger partial charge in [-0.2, -0.15) is 4.99 Å². The molecule has 35 heavy (non-hydrogen) atoms. The van der Waals surface area contributed by atoms with Gasteiger partial charge in [0.05, 0.1) is 0 Å². The number of hydrogen-bond donors (Lipinski definition) is 1. The Morgan fingerprint density at radius 2 is 1.46 bits per heavy atom. The average molecular weight is 482 g/mol. The quantitative estimate of drug-likeness (QED) is 0.381. The summed E-state index contributed by atoms with van der Waals surface area (Å²) in [5, 5.41) is 2.59. The van der Waals surface area contributed by atoms with Gasteiger partial charge in [-0.05, 0) is 82.2 Å². The summed E-state index contributed by atoms with van der Waals surface area (Å²) in [4.78, 5) is 33.0. The second-order valence-corrected chi connectivity index (χ2v) is 11.5. The van der Waals surface area contributed by atoms with Gasteiger partial charge in [0.25, 0.3) is 0 Å². The topological polar surface area (TPSA) is 89.9 Å². The summed E-state index contributed by atoms with van der Waals surface area (Å²) in [7, 11) is 0. The third kappa shape index (κ3) is 10.3. The number of pyridine rings is 1. The first kappa shape index (κ1) is 28.0. The van der Waals surface area contributed by atoms with Crippen LogP contribution in [0.15, 0.2) is 47.6 Å². The maximum atomic E-state index is 12.3. The van der Waals surface area contributed by atoms with Crippen LogP contribution in [0.25, 0.3) is 11.1 Å². The van der Waals surface area contributed by atoms with Crippen molar-refractivity contribution in [1.82, 2.24) is 10.3 Å². The number of aromatic nitrogens is 1. The van der Waals surface area contributed by atoms with Crippen molar-refractivity contribution in [3.63, 3.8) is 0 Å². The van der Waals surface area contributed by atoms with Crippen molar-refractivity contribution in [3.05, 3.63) is 53.9 Å². The van der Waals surface area contributed by atoms with Gasteiger partial charge in [-0.1, -0.05) is 45.0 Å². The molecule has 2 rings (SSSR count). The highest BCUT2D eigenvalue weighted by Gasteiger charge is 2.20. The number of amides is 2. The molecule has 190 valence electrons. The molecule has 0 unspecified atom stereocenters. The van der Waals surface area contributed by atoms with Gasteiger partial charge >= 0.3 is 12.2 Å². The second-order valence-electron chi connectivity index (χ2n) is 11.5. The molecule has 1 aromatic heterocycles. The number of nitrogens with one attached hydrogen (secondary N) is 1. The molecule has 0 atom stereocenters. The molecule has 0 bridgehead atoms. The van der Waals surface area contributed by atoms with E-state index in [9.17, 15) is 9.59 Å². The van der Waals surface area contributed by atoms with E-state index < -0.39 is 23.4 Å². The van der Waals surface area contributed by atoms with Crippen LogP contribution < -0.4 is 5.32 Å². The molecule has 2 aromatic rings. The molecule has 0 aliphatic carbocycles. The number of aliphatic imine (C=N–C) groups is 1. The largest absolute Gasteiger partial charge is 0.444 e. The first-order chi connectivity index (χ1) is 16.0. The van der Waals surface area contributed by atoms with Crippen molar-refractivity contribution in [1.29, 1.82) is 0 Å². The minimum Gasteiger partial charge on any atom is -0.444 e. The lowest BCUT2D eigenvalue weighted by atomic mass is 9.86. The molecule has 0 radical (unpaired) electrons. The predicted octanol–water partition coefficient (Wildman–Crippen LogP) is 6.84. The van der Waals surface area contributed by atoms with Gasteiger partial charge in [0, 0.05) is 18.3 Å². The van der Waals surface area contributed by atoms with Crippen LogP contribution in [0.1, 0.15) is 80.0 Å². The maximum absolute atomic E-state index is 12.3. The van der Waals surface area contributed by atoms with E-state index in [1.807, 2.05) is 12.1 Å². The van der Waals surface area contributed by atoms with E-state index in [1.54, 1.807) is 47.7 Å². The summed E-state index contributed by atoms with van der Waals surface area (Å²) in [5.74, 6) is 0.162. The number of carbonyl (C=O) groups is 2. The highest BCUT2D eigenvalue weighted by Crippen LogP contribution is 2.26. The Kier molecular flexibility index (Phi) is 8.82. The molecular formula is C28H39N3O4. The maximum Gasteiger partial charge on any atom is 0.435 e. The number of amidine groups is 1. The van der Waals surface area contributed by atoms with Crippen LogP contribution in [0.2, 0.25) is 0 Å². The Morgan fingerprint density at radius 3 is 2.00 bits per heavy atom. The first-order valence-electron chi connectivity index (χ1n) is 11.9. The molecule has 0 spiro atoms.